The second-order valence-electron chi connectivity index (χ2n) is 6.09. The van der Waals surface area contributed by atoms with Crippen LogP contribution in [0.3, 0.4) is 0 Å². The van der Waals surface area contributed by atoms with Crippen LogP contribution in [0.4, 0.5) is 0 Å². The van der Waals surface area contributed by atoms with E-state index in [-0.39, 0.29) is 24.3 Å². The molecule has 1 aromatic rings. The van der Waals surface area contributed by atoms with Gasteiger partial charge in [-0.3, -0.25) is 9.59 Å². The first-order valence-corrected chi connectivity index (χ1v) is 8.40. The van der Waals surface area contributed by atoms with Crippen LogP contribution in [0.1, 0.15) is 18.4 Å². The molecule has 23 heavy (non-hydrogen) atoms. The number of carbonyl (C=O) groups excluding carboxylic acids is 2. The van der Waals surface area contributed by atoms with E-state index in [9.17, 15) is 9.59 Å². The maximum atomic E-state index is 12.5. The minimum absolute atomic E-state index is 0.00612. The van der Waals surface area contributed by atoms with Gasteiger partial charge in [-0.25, -0.2) is 0 Å². The number of piperazine rings is 1. The summed E-state index contributed by atoms with van der Waals surface area (Å²) in [6, 6.07) is 7.50. The molecule has 2 fully saturated rings. The molecule has 0 unspecified atom stereocenters. The molecule has 5 nitrogen and oxygen atoms in total. The summed E-state index contributed by atoms with van der Waals surface area (Å²) in [6.07, 6.45) is 1.52. The SMILES string of the molecule is O=C1CN(C(=O)C2CCOCC2)CCN1Cc1ccc(Cl)cc1. The fourth-order valence-corrected chi connectivity index (χ4v) is 3.20. The van der Waals surface area contributed by atoms with Gasteiger partial charge in [0, 0.05) is 43.8 Å². The summed E-state index contributed by atoms with van der Waals surface area (Å²) < 4.78 is 5.29. The minimum Gasteiger partial charge on any atom is -0.381 e. The molecular formula is C17H21ClN2O3. The minimum atomic E-state index is 0.00612. The number of rotatable bonds is 3. The first kappa shape index (κ1) is 16.3. The fraction of sp³-hybridized carbons (Fsp3) is 0.529. The molecule has 3 rings (SSSR count). The van der Waals surface area contributed by atoms with Crippen molar-refractivity contribution in [3.05, 3.63) is 34.9 Å². The van der Waals surface area contributed by atoms with E-state index >= 15 is 0 Å². The van der Waals surface area contributed by atoms with E-state index in [4.69, 9.17) is 16.3 Å². The smallest absolute Gasteiger partial charge is 0.242 e. The van der Waals surface area contributed by atoms with Crippen LogP contribution < -0.4 is 0 Å². The third kappa shape index (κ3) is 4.03. The van der Waals surface area contributed by atoms with Crippen molar-refractivity contribution in [1.82, 2.24) is 9.80 Å². The highest BCUT2D eigenvalue weighted by Gasteiger charge is 2.31. The topological polar surface area (TPSA) is 49.9 Å². The Labute approximate surface area is 141 Å². The third-order valence-corrected chi connectivity index (χ3v) is 4.74. The van der Waals surface area contributed by atoms with Crippen LogP contribution in [0.2, 0.25) is 5.02 Å². The molecule has 2 amide bonds. The predicted molar refractivity (Wildman–Crippen MR) is 87.0 cm³/mol. The Hall–Kier alpha value is -1.59. The molecule has 0 aliphatic carbocycles. The highest BCUT2D eigenvalue weighted by molar-refractivity contribution is 6.30. The molecule has 0 atom stereocenters. The second-order valence-corrected chi connectivity index (χ2v) is 6.52. The van der Waals surface area contributed by atoms with Gasteiger partial charge in [0.1, 0.15) is 0 Å². The summed E-state index contributed by atoms with van der Waals surface area (Å²) in [6.45, 7) is 3.22. The average molecular weight is 337 g/mol. The van der Waals surface area contributed by atoms with Gasteiger partial charge in [-0.1, -0.05) is 23.7 Å². The molecule has 1 aromatic carbocycles. The van der Waals surface area contributed by atoms with Crippen molar-refractivity contribution in [3.63, 3.8) is 0 Å². The Balaban J connectivity index is 1.55. The van der Waals surface area contributed by atoms with Crippen molar-refractivity contribution in [2.45, 2.75) is 19.4 Å². The number of halogens is 1. The van der Waals surface area contributed by atoms with E-state index in [1.165, 1.54) is 0 Å². The molecule has 0 spiro atoms. The molecule has 0 bridgehead atoms. The van der Waals surface area contributed by atoms with Gasteiger partial charge in [-0.2, -0.15) is 0 Å². The fourth-order valence-electron chi connectivity index (χ4n) is 3.08. The summed E-state index contributed by atoms with van der Waals surface area (Å²) in [4.78, 5) is 28.3. The molecule has 2 aliphatic rings. The third-order valence-electron chi connectivity index (χ3n) is 4.49. The lowest BCUT2D eigenvalue weighted by atomic mass is 9.98. The van der Waals surface area contributed by atoms with Crippen LogP contribution in [-0.2, 0) is 20.9 Å². The van der Waals surface area contributed by atoms with Crippen molar-refractivity contribution in [1.29, 1.82) is 0 Å². The van der Waals surface area contributed by atoms with E-state index in [2.05, 4.69) is 0 Å². The van der Waals surface area contributed by atoms with Gasteiger partial charge in [0.15, 0.2) is 0 Å². The lowest BCUT2D eigenvalue weighted by molar-refractivity contribution is -0.149. The molecule has 2 heterocycles. The molecule has 2 saturated heterocycles. The molecule has 124 valence electrons. The van der Waals surface area contributed by atoms with Gasteiger partial charge in [0.2, 0.25) is 11.8 Å². The van der Waals surface area contributed by atoms with E-state index in [1.807, 2.05) is 24.3 Å². The van der Waals surface area contributed by atoms with Gasteiger partial charge < -0.3 is 14.5 Å². The number of ether oxygens (including phenoxy) is 1. The molecule has 0 radical (unpaired) electrons. The van der Waals surface area contributed by atoms with Gasteiger partial charge in [0.05, 0.1) is 6.54 Å². The standard InChI is InChI=1S/C17H21ClN2O3/c18-15-3-1-13(2-4-15)11-19-7-8-20(12-16(19)21)17(22)14-5-9-23-10-6-14/h1-4,14H,5-12H2. The Kier molecular flexibility index (Phi) is 5.18. The summed E-state index contributed by atoms with van der Waals surface area (Å²) in [7, 11) is 0. The van der Waals surface area contributed by atoms with Crippen LogP contribution in [0, 0.1) is 5.92 Å². The normalized spacial score (nSPS) is 20.0. The summed E-state index contributed by atoms with van der Waals surface area (Å²) in [5.74, 6) is 0.124. The zero-order valence-corrected chi connectivity index (χ0v) is 13.8. The van der Waals surface area contributed by atoms with Crippen LogP contribution in [0.5, 0.6) is 0 Å². The Morgan fingerprint density at radius 3 is 2.52 bits per heavy atom. The van der Waals surface area contributed by atoms with E-state index in [1.54, 1.807) is 9.80 Å². The number of hydrogen-bond donors (Lipinski definition) is 0. The first-order valence-electron chi connectivity index (χ1n) is 8.02. The Bertz CT molecular complexity index is 570. The highest BCUT2D eigenvalue weighted by Crippen LogP contribution is 2.20. The molecule has 0 aromatic heterocycles. The lowest BCUT2D eigenvalue weighted by Crippen LogP contribution is -2.53. The van der Waals surface area contributed by atoms with Crippen molar-refractivity contribution in [2.24, 2.45) is 5.92 Å². The zero-order valence-electron chi connectivity index (χ0n) is 13.0. The van der Waals surface area contributed by atoms with E-state index < -0.39 is 0 Å². The largest absolute Gasteiger partial charge is 0.381 e. The van der Waals surface area contributed by atoms with Crippen molar-refractivity contribution >= 4 is 23.4 Å². The molecule has 0 saturated carbocycles. The summed E-state index contributed by atoms with van der Waals surface area (Å²) >= 11 is 5.88. The van der Waals surface area contributed by atoms with Crippen molar-refractivity contribution in [2.75, 3.05) is 32.8 Å². The molecule has 0 N–H and O–H groups in total. The average Bonchev–Trinajstić information content (AvgIpc) is 2.59. The number of hydrogen-bond acceptors (Lipinski definition) is 3. The summed E-state index contributed by atoms with van der Waals surface area (Å²) in [5.41, 5.74) is 1.05. The molecular weight excluding hydrogens is 316 g/mol. The number of benzene rings is 1. The summed E-state index contributed by atoms with van der Waals surface area (Å²) in [5, 5.41) is 0.687. The van der Waals surface area contributed by atoms with E-state index in [0.29, 0.717) is 37.9 Å². The van der Waals surface area contributed by atoms with Crippen LogP contribution in [-0.4, -0.2) is 54.5 Å². The van der Waals surface area contributed by atoms with Crippen LogP contribution in [0.25, 0.3) is 0 Å². The number of amides is 2. The number of nitrogens with zero attached hydrogens (tertiary/aromatic N) is 2. The second kappa shape index (κ2) is 7.32. The van der Waals surface area contributed by atoms with Gasteiger partial charge >= 0.3 is 0 Å². The monoisotopic (exact) mass is 336 g/mol. The maximum Gasteiger partial charge on any atom is 0.242 e. The predicted octanol–water partition coefficient (Wildman–Crippen LogP) is 1.94. The van der Waals surface area contributed by atoms with Gasteiger partial charge in [0.25, 0.3) is 0 Å². The van der Waals surface area contributed by atoms with E-state index in [0.717, 1.165) is 18.4 Å². The maximum absolute atomic E-state index is 12.5. The van der Waals surface area contributed by atoms with Crippen LogP contribution >= 0.6 is 11.6 Å². The Morgan fingerprint density at radius 2 is 1.87 bits per heavy atom. The quantitative estimate of drug-likeness (QED) is 0.847. The van der Waals surface area contributed by atoms with Crippen molar-refractivity contribution in [3.8, 4) is 0 Å². The van der Waals surface area contributed by atoms with Crippen LogP contribution in [0.15, 0.2) is 24.3 Å². The van der Waals surface area contributed by atoms with Crippen molar-refractivity contribution < 1.29 is 14.3 Å². The van der Waals surface area contributed by atoms with Gasteiger partial charge in [-0.15, -0.1) is 0 Å². The molecule has 6 heteroatoms. The molecule has 2 aliphatic heterocycles. The van der Waals surface area contributed by atoms with Gasteiger partial charge in [-0.05, 0) is 30.5 Å². The first-order chi connectivity index (χ1) is 11.1. The Morgan fingerprint density at radius 1 is 1.17 bits per heavy atom. The number of carbonyl (C=O) groups is 2. The zero-order chi connectivity index (χ0) is 16.2. The lowest BCUT2D eigenvalue weighted by Gasteiger charge is -2.36. The highest BCUT2D eigenvalue weighted by atomic mass is 35.5.